The molecular formula is C46H31N3O. The van der Waals surface area contributed by atoms with Gasteiger partial charge in [-0.25, -0.2) is 0 Å². The molecule has 0 amide bonds. The minimum Gasteiger partial charge on any atom is -0.455 e. The zero-order valence-corrected chi connectivity index (χ0v) is 27.7. The number of fused-ring (bicyclic) bond motifs is 9. The van der Waals surface area contributed by atoms with Gasteiger partial charge in [-0.3, -0.25) is 4.40 Å². The molecule has 0 bridgehead atoms. The van der Waals surface area contributed by atoms with Crippen LogP contribution in [0, 0.1) is 13.8 Å². The zero-order valence-electron chi connectivity index (χ0n) is 27.7. The standard InChI is InChI=1S/C46H31N3O/c1-28-11-15-30(16-12-28)34-23-24-43-40(25-34)41-27-35(31-17-13-29(2)14-18-31)26-39(44(41)50-43)32-19-21-33(22-20-32)45-47-48-46-38-9-4-3-7-36(38)37-8-5-6-10-42(37)49(45)46/h3-27H,1-2H3. The first-order valence-electron chi connectivity index (χ1n) is 17.0. The Kier molecular flexibility index (Phi) is 6.27. The fourth-order valence-corrected chi connectivity index (χ4v) is 7.41. The van der Waals surface area contributed by atoms with Gasteiger partial charge in [-0.2, -0.15) is 0 Å². The molecule has 0 spiro atoms. The van der Waals surface area contributed by atoms with Gasteiger partial charge in [0.2, 0.25) is 0 Å². The Morgan fingerprint density at radius 3 is 1.76 bits per heavy atom. The smallest absolute Gasteiger partial charge is 0.169 e. The summed E-state index contributed by atoms with van der Waals surface area (Å²) in [7, 11) is 0. The summed E-state index contributed by atoms with van der Waals surface area (Å²) in [5, 5.41) is 15.1. The first-order chi connectivity index (χ1) is 24.6. The van der Waals surface area contributed by atoms with E-state index >= 15 is 0 Å². The zero-order chi connectivity index (χ0) is 33.3. The molecule has 10 aromatic rings. The first-order valence-corrected chi connectivity index (χ1v) is 17.0. The molecule has 3 heterocycles. The number of aryl methyl sites for hydroxylation is 2. The van der Waals surface area contributed by atoms with Crippen molar-refractivity contribution in [2.24, 2.45) is 0 Å². The highest BCUT2D eigenvalue weighted by Crippen LogP contribution is 2.41. The van der Waals surface area contributed by atoms with E-state index < -0.39 is 0 Å². The van der Waals surface area contributed by atoms with Crippen LogP contribution >= 0.6 is 0 Å². The topological polar surface area (TPSA) is 43.3 Å². The highest BCUT2D eigenvalue weighted by molar-refractivity contribution is 6.13. The maximum absolute atomic E-state index is 6.68. The van der Waals surface area contributed by atoms with Gasteiger partial charge in [0, 0.05) is 32.7 Å². The van der Waals surface area contributed by atoms with Crippen LogP contribution in [-0.4, -0.2) is 14.6 Å². The largest absolute Gasteiger partial charge is 0.455 e. The number of aromatic nitrogens is 3. The molecule has 50 heavy (non-hydrogen) atoms. The molecule has 0 N–H and O–H groups in total. The lowest BCUT2D eigenvalue weighted by molar-refractivity contribution is 0.670. The highest BCUT2D eigenvalue weighted by atomic mass is 16.3. The molecule has 236 valence electrons. The molecule has 0 aliphatic heterocycles. The molecule has 0 saturated carbocycles. The van der Waals surface area contributed by atoms with Gasteiger partial charge in [0.05, 0.1) is 5.52 Å². The lowest BCUT2D eigenvalue weighted by Crippen LogP contribution is -1.94. The second-order valence-corrected chi connectivity index (χ2v) is 13.3. The molecule has 0 aliphatic rings. The molecule has 4 nitrogen and oxygen atoms in total. The van der Waals surface area contributed by atoms with Gasteiger partial charge in [-0.1, -0.05) is 132 Å². The first kappa shape index (κ1) is 28.5. The minimum absolute atomic E-state index is 0.819. The van der Waals surface area contributed by atoms with Crippen molar-refractivity contribution in [1.29, 1.82) is 0 Å². The number of pyridine rings is 1. The summed E-state index contributed by atoms with van der Waals surface area (Å²) < 4.78 is 8.87. The fourth-order valence-electron chi connectivity index (χ4n) is 7.41. The van der Waals surface area contributed by atoms with Gasteiger partial charge >= 0.3 is 0 Å². The summed E-state index contributed by atoms with van der Waals surface area (Å²) in [6, 6.07) is 54.1. The van der Waals surface area contributed by atoms with Gasteiger partial charge in [0.15, 0.2) is 11.5 Å². The summed E-state index contributed by atoms with van der Waals surface area (Å²) in [4.78, 5) is 0. The highest BCUT2D eigenvalue weighted by Gasteiger charge is 2.18. The van der Waals surface area contributed by atoms with Crippen molar-refractivity contribution in [3.8, 4) is 44.8 Å². The average Bonchev–Trinajstić information content (AvgIpc) is 3.78. The van der Waals surface area contributed by atoms with E-state index in [1.807, 2.05) is 0 Å². The van der Waals surface area contributed by atoms with Crippen molar-refractivity contribution in [3.63, 3.8) is 0 Å². The van der Waals surface area contributed by atoms with Gasteiger partial charge < -0.3 is 4.42 Å². The quantitative estimate of drug-likeness (QED) is 0.180. The van der Waals surface area contributed by atoms with E-state index in [9.17, 15) is 0 Å². The molecule has 10 rings (SSSR count). The van der Waals surface area contributed by atoms with Crippen LogP contribution in [0.5, 0.6) is 0 Å². The van der Waals surface area contributed by atoms with E-state index in [4.69, 9.17) is 14.6 Å². The molecule has 0 radical (unpaired) electrons. The monoisotopic (exact) mass is 641 g/mol. The number of para-hydroxylation sites is 1. The molecule has 7 aromatic carbocycles. The number of nitrogens with zero attached hydrogens (tertiary/aromatic N) is 3. The Labute approximate surface area is 288 Å². The molecule has 4 heteroatoms. The lowest BCUT2D eigenvalue weighted by Gasteiger charge is -2.11. The Balaban J connectivity index is 1.15. The van der Waals surface area contributed by atoms with Crippen LogP contribution in [0.3, 0.4) is 0 Å². The predicted octanol–water partition coefficient (Wildman–Crippen LogP) is 12.2. The Morgan fingerprint density at radius 1 is 0.440 bits per heavy atom. The Bertz CT molecular complexity index is 2910. The maximum atomic E-state index is 6.68. The second-order valence-electron chi connectivity index (χ2n) is 13.3. The molecule has 0 unspecified atom stereocenters. The Morgan fingerprint density at radius 2 is 1.02 bits per heavy atom. The van der Waals surface area contributed by atoms with Crippen LogP contribution in [0.15, 0.2) is 156 Å². The van der Waals surface area contributed by atoms with Gasteiger partial charge in [0.1, 0.15) is 11.2 Å². The summed E-state index contributed by atoms with van der Waals surface area (Å²) in [6.07, 6.45) is 0. The molecule has 0 fully saturated rings. The Hall–Kier alpha value is -6.52. The summed E-state index contributed by atoms with van der Waals surface area (Å²) >= 11 is 0. The molecule has 3 aromatic heterocycles. The minimum atomic E-state index is 0.819. The van der Waals surface area contributed by atoms with Gasteiger partial charge in [-0.15, -0.1) is 10.2 Å². The fraction of sp³-hybridized carbons (Fsp3) is 0.0435. The summed E-state index contributed by atoms with van der Waals surface area (Å²) in [5.74, 6) is 0.819. The van der Waals surface area contributed by atoms with Gasteiger partial charge in [0.25, 0.3) is 0 Å². The lowest BCUT2D eigenvalue weighted by atomic mass is 9.94. The maximum Gasteiger partial charge on any atom is 0.169 e. The third-order valence-electron chi connectivity index (χ3n) is 10.1. The van der Waals surface area contributed by atoms with Crippen molar-refractivity contribution >= 4 is 49.3 Å². The predicted molar refractivity (Wildman–Crippen MR) is 206 cm³/mol. The molecule has 0 atom stereocenters. The van der Waals surface area contributed by atoms with Crippen LogP contribution in [-0.2, 0) is 0 Å². The van der Waals surface area contributed by atoms with Crippen LogP contribution in [0.2, 0.25) is 0 Å². The van der Waals surface area contributed by atoms with Crippen molar-refractivity contribution in [2.75, 3.05) is 0 Å². The molecule has 0 aliphatic carbocycles. The van der Waals surface area contributed by atoms with Crippen molar-refractivity contribution < 1.29 is 4.42 Å². The van der Waals surface area contributed by atoms with Crippen molar-refractivity contribution in [1.82, 2.24) is 14.6 Å². The van der Waals surface area contributed by atoms with E-state index in [0.29, 0.717) is 0 Å². The van der Waals surface area contributed by atoms with Crippen molar-refractivity contribution in [2.45, 2.75) is 13.8 Å². The number of hydrogen-bond donors (Lipinski definition) is 0. The van der Waals surface area contributed by atoms with Crippen LogP contribution < -0.4 is 0 Å². The van der Waals surface area contributed by atoms with Crippen LogP contribution in [0.4, 0.5) is 0 Å². The second kappa shape index (κ2) is 11.0. The van der Waals surface area contributed by atoms with E-state index in [1.165, 1.54) is 38.6 Å². The van der Waals surface area contributed by atoms with E-state index in [-0.39, 0.29) is 0 Å². The van der Waals surface area contributed by atoms with E-state index in [0.717, 1.165) is 66.6 Å². The summed E-state index contributed by atoms with van der Waals surface area (Å²) in [5.41, 5.74) is 14.0. The third-order valence-corrected chi connectivity index (χ3v) is 10.1. The number of hydrogen-bond acceptors (Lipinski definition) is 3. The number of rotatable bonds is 4. The SMILES string of the molecule is Cc1ccc(-c2ccc3oc4c(-c5ccc(-c6nnc7c8ccccc8c8ccccc8n67)cc5)cc(-c5ccc(C)cc5)cc4c3c2)cc1. The normalized spacial score (nSPS) is 11.8. The van der Waals surface area contributed by atoms with Crippen LogP contribution in [0.25, 0.3) is 94.0 Å². The van der Waals surface area contributed by atoms with Crippen LogP contribution in [0.1, 0.15) is 11.1 Å². The average molecular weight is 642 g/mol. The van der Waals surface area contributed by atoms with Crippen molar-refractivity contribution in [3.05, 3.63) is 163 Å². The van der Waals surface area contributed by atoms with Gasteiger partial charge in [-0.05, 0) is 77.4 Å². The molecule has 0 saturated heterocycles. The number of furan rings is 1. The molecular weight excluding hydrogens is 611 g/mol. The number of benzene rings is 7. The third kappa shape index (κ3) is 4.46. The van der Waals surface area contributed by atoms with E-state index in [1.54, 1.807) is 0 Å². The summed E-state index contributed by atoms with van der Waals surface area (Å²) in [6.45, 7) is 4.25. The van der Waals surface area contributed by atoms with E-state index in [2.05, 4.69) is 170 Å².